The molecule has 7 heteroatoms. The molecule has 3 aromatic rings. The summed E-state index contributed by atoms with van der Waals surface area (Å²) < 4.78 is 20.3. The number of furan rings is 1. The molecule has 1 unspecified atom stereocenters. The first-order valence-corrected chi connectivity index (χ1v) is 8.90. The maximum Gasteiger partial charge on any atom is 0.287 e. The topological polar surface area (TPSA) is 80.3 Å². The summed E-state index contributed by atoms with van der Waals surface area (Å²) in [5.74, 6) is -0.337. The quantitative estimate of drug-likeness (QED) is 0.725. The fourth-order valence-corrected chi connectivity index (χ4v) is 3.67. The largest absolute Gasteiger partial charge is 0.459 e. The second kappa shape index (κ2) is 7.36. The van der Waals surface area contributed by atoms with Gasteiger partial charge in [0.15, 0.2) is 5.76 Å². The Morgan fingerprint density at radius 1 is 1.30 bits per heavy atom. The molecule has 1 aromatic carbocycles. The lowest BCUT2D eigenvalue weighted by Gasteiger charge is -2.16. The number of nitrogens with one attached hydrogen (secondary N) is 1. The molecular weight excluding hydrogens is 349 g/mol. The van der Waals surface area contributed by atoms with Gasteiger partial charge in [0, 0.05) is 24.5 Å². The first-order valence-electron chi connectivity index (χ1n) is 8.90. The molecule has 0 spiro atoms. The van der Waals surface area contributed by atoms with Crippen LogP contribution in [0.3, 0.4) is 0 Å². The van der Waals surface area contributed by atoms with Crippen LogP contribution in [-0.2, 0) is 6.54 Å². The van der Waals surface area contributed by atoms with E-state index in [9.17, 15) is 14.3 Å². The number of nitrogens with zero attached hydrogens (tertiary/aromatic N) is 2. The van der Waals surface area contributed by atoms with Crippen molar-refractivity contribution < 1.29 is 18.7 Å². The smallest absolute Gasteiger partial charge is 0.287 e. The Labute approximate surface area is 155 Å². The van der Waals surface area contributed by atoms with E-state index in [0.717, 1.165) is 0 Å². The summed E-state index contributed by atoms with van der Waals surface area (Å²) in [6.45, 7) is 0.706. The van der Waals surface area contributed by atoms with Crippen LogP contribution in [-0.4, -0.2) is 32.9 Å². The van der Waals surface area contributed by atoms with Crippen molar-refractivity contribution in [2.75, 3.05) is 0 Å². The molecule has 0 radical (unpaired) electrons. The predicted molar refractivity (Wildman–Crippen MR) is 96.3 cm³/mol. The third-order valence-electron chi connectivity index (χ3n) is 4.97. The zero-order valence-electron chi connectivity index (χ0n) is 14.6. The van der Waals surface area contributed by atoms with Gasteiger partial charge in [-0.15, -0.1) is 0 Å². The molecular formula is C20H20FN3O3. The number of aliphatic hydroxyl groups excluding tert-OH is 1. The minimum absolute atomic E-state index is 0.157. The van der Waals surface area contributed by atoms with Crippen LogP contribution in [0.25, 0.3) is 11.1 Å². The molecule has 1 fully saturated rings. The Balaban J connectivity index is 1.44. The third-order valence-corrected chi connectivity index (χ3v) is 4.97. The molecule has 0 saturated heterocycles. The highest BCUT2D eigenvalue weighted by Gasteiger charge is 2.35. The Kier molecular flexibility index (Phi) is 4.77. The van der Waals surface area contributed by atoms with Gasteiger partial charge in [-0.3, -0.25) is 9.48 Å². The molecule has 2 N–H and O–H groups in total. The van der Waals surface area contributed by atoms with E-state index < -0.39 is 6.10 Å². The highest BCUT2D eigenvalue weighted by atomic mass is 19.1. The van der Waals surface area contributed by atoms with Gasteiger partial charge in [-0.05, 0) is 48.6 Å². The first kappa shape index (κ1) is 17.5. The van der Waals surface area contributed by atoms with E-state index >= 15 is 0 Å². The van der Waals surface area contributed by atoms with Crippen molar-refractivity contribution >= 4 is 5.91 Å². The van der Waals surface area contributed by atoms with E-state index in [4.69, 9.17) is 4.42 Å². The maximum atomic E-state index is 13.1. The zero-order valence-corrected chi connectivity index (χ0v) is 14.6. The molecule has 6 nitrogen and oxygen atoms in total. The summed E-state index contributed by atoms with van der Waals surface area (Å²) in [5, 5.41) is 17.4. The Hall–Kier alpha value is -2.93. The van der Waals surface area contributed by atoms with Gasteiger partial charge in [0.1, 0.15) is 5.82 Å². The van der Waals surface area contributed by atoms with Crippen LogP contribution < -0.4 is 5.32 Å². The summed E-state index contributed by atoms with van der Waals surface area (Å²) in [5.41, 5.74) is 1.28. The number of hydrogen-bond donors (Lipinski definition) is 2. The van der Waals surface area contributed by atoms with Crippen molar-refractivity contribution in [1.29, 1.82) is 0 Å². The van der Waals surface area contributed by atoms with E-state index in [1.807, 2.05) is 16.9 Å². The Morgan fingerprint density at radius 3 is 2.85 bits per heavy atom. The van der Waals surface area contributed by atoms with Crippen molar-refractivity contribution in [3.63, 3.8) is 0 Å². The summed E-state index contributed by atoms with van der Waals surface area (Å²) in [6.07, 6.45) is 5.69. The fraction of sp³-hybridized carbons (Fsp3) is 0.300. The summed E-state index contributed by atoms with van der Waals surface area (Å²) >= 11 is 0. The number of carbonyl (C=O) groups is 1. The van der Waals surface area contributed by atoms with Gasteiger partial charge in [-0.25, -0.2) is 4.39 Å². The van der Waals surface area contributed by atoms with Gasteiger partial charge < -0.3 is 14.8 Å². The molecule has 27 heavy (non-hydrogen) atoms. The van der Waals surface area contributed by atoms with E-state index in [1.165, 1.54) is 18.4 Å². The van der Waals surface area contributed by atoms with Crippen LogP contribution in [0.4, 0.5) is 4.39 Å². The molecule has 4 rings (SSSR count). The van der Waals surface area contributed by atoms with Crippen LogP contribution in [0.1, 0.15) is 23.4 Å². The minimum atomic E-state index is -0.612. The van der Waals surface area contributed by atoms with Crippen LogP contribution in [0, 0.1) is 11.7 Å². The van der Waals surface area contributed by atoms with Crippen LogP contribution in [0.2, 0.25) is 0 Å². The van der Waals surface area contributed by atoms with E-state index in [-0.39, 0.29) is 29.4 Å². The minimum Gasteiger partial charge on any atom is -0.459 e. The second-order valence-electron chi connectivity index (χ2n) is 6.88. The molecule has 140 valence electrons. The standard InChI is InChI=1S/C20H20FN3O3/c21-15-4-2-14(3-5-15)16-6-9-27-19(16)20(26)23-17-10-13(11-18(17)25)12-24-8-1-7-22-24/h1-9,13,17-18,25H,10-12H2,(H,23,26)/t13?,17-,18-/m1/s1. The van der Waals surface area contributed by atoms with Gasteiger partial charge in [-0.2, -0.15) is 5.10 Å². The number of halogens is 1. The lowest BCUT2D eigenvalue weighted by molar-refractivity contribution is 0.0847. The monoisotopic (exact) mass is 369 g/mol. The van der Waals surface area contributed by atoms with Gasteiger partial charge in [0.05, 0.1) is 18.4 Å². The van der Waals surface area contributed by atoms with Gasteiger partial charge in [0.2, 0.25) is 0 Å². The number of carbonyl (C=O) groups excluding carboxylic acids is 1. The lowest BCUT2D eigenvalue weighted by atomic mass is 10.1. The van der Waals surface area contributed by atoms with Gasteiger partial charge in [-0.1, -0.05) is 12.1 Å². The van der Waals surface area contributed by atoms with E-state index in [0.29, 0.717) is 30.5 Å². The molecule has 1 aliphatic carbocycles. The first-order chi connectivity index (χ1) is 13.1. The molecule has 0 bridgehead atoms. The second-order valence-corrected chi connectivity index (χ2v) is 6.88. The van der Waals surface area contributed by atoms with Crippen LogP contribution in [0.5, 0.6) is 0 Å². The molecule has 3 atom stereocenters. The number of benzene rings is 1. The maximum absolute atomic E-state index is 13.1. The summed E-state index contributed by atoms with van der Waals surface area (Å²) in [7, 11) is 0. The highest BCUT2D eigenvalue weighted by Crippen LogP contribution is 2.29. The number of aliphatic hydroxyl groups is 1. The highest BCUT2D eigenvalue weighted by molar-refractivity contribution is 5.98. The molecule has 0 aliphatic heterocycles. The number of aromatic nitrogens is 2. The SMILES string of the molecule is O=C(N[C@@H]1CC(Cn2cccn2)C[C@H]1O)c1occc1-c1ccc(F)cc1. The van der Waals surface area contributed by atoms with Gasteiger partial charge in [0.25, 0.3) is 5.91 Å². The number of hydrogen-bond acceptors (Lipinski definition) is 4. The summed E-state index contributed by atoms with van der Waals surface area (Å²) in [4.78, 5) is 12.7. The average Bonchev–Trinajstić information content (AvgIpc) is 3.38. The van der Waals surface area contributed by atoms with Gasteiger partial charge >= 0.3 is 0 Å². The lowest BCUT2D eigenvalue weighted by Crippen LogP contribution is -2.39. The van der Waals surface area contributed by atoms with Crippen LogP contribution >= 0.6 is 0 Å². The Morgan fingerprint density at radius 2 is 2.11 bits per heavy atom. The fourth-order valence-electron chi connectivity index (χ4n) is 3.67. The van der Waals surface area contributed by atoms with Crippen molar-refractivity contribution in [3.05, 3.63) is 66.6 Å². The predicted octanol–water partition coefficient (Wildman–Crippen LogP) is 2.85. The van der Waals surface area contributed by atoms with Crippen molar-refractivity contribution in [3.8, 4) is 11.1 Å². The normalized spacial score (nSPS) is 22.1. The average molecular weight is 369 g/mol. The Bertz CT molecular complexity index is 905. The van der Waals surface area contributed by atoms with E-state index in [1.54, 1.807) is 24.4 Å². The zero-order chi connectivity index (χ0) is 18.8. The van der Waals surface area contributed by atoms with Crippen LogP contribution in [0.15, 0.2) is 59.5 Å². The van der Waals surface area contributed by atoms with Crippen molar-refractivity contribution in [2.45, 2.75) is 31.5 Å². The molecule has 1 aliphatic rings. The molecule has 2 heterocycles. The molecule has 2 aromatic heterocycles. The third kappa shape index (κ3) is 3.78. The number of rotatable bonds is 5. The number of amides is 1. The van der Waals surface area contributed by atoms with E-state index in [2.05, 4.69) is 10.4 Å². The van der Waals surface area contributed by atoms with Crippen molar-refractivity contribution in [2.24, 2.45) is 5.92 Å². The van der Waals surface area contributed by atoms with Crippen molar-refractivity contribution in [1.82, 2.24) is 15.1 Å². The molecule has 1 amide bonds. The molecule has 1 saturated carbocycles. The summed E-state index contributed by atoms with van der Waals surface area (Å²) in [6, 6.07) is 9.06.